The molecule has 1 heteroatoms. The highest BCUT2D eigenvalue weighted by Crippen LogP contribution is 2.32. The van der Waals surface area contributed by atoms with Crippen molar-refractivity contribution in [2.45, 2.75) is 45.5 Å². The van der Waals surface area contributed by atoms with Crippen molar-refractivity contribution in [1.82, 2.24) is 0 Å². The highest BCUT2D eigenvalue weighted by Gasteiger charge is 2.27. The lowest BCUT2D eigenvalue weighted by molar-refractivity contribution is 0.574. The third kappa shape index (κ3) is 2.87. The summed E-state index contributed by atoms with van der Waals surface area (Å²) in [5.74, 6) is 0.823. The van der Waals surface area contributed by atoms with Crippen LogP contribution in [0.1, 0.15) is 20.3 Å². The molecular formula is C9H21Si. The lowest BCUT2D eigenvalue weighted by Crippen LogP contribution is -2.31. The lowest BCUT2D eigenvalue weighted by atomic mass is 10.1. The van der Waals surface area contributed by atoms with E-state index in [1.165, 1.54) is 0 Å². The zero-order valence-corrected chi connectivity index (χ0v) is 9.07. The minimum Gasteiger partial charge on any atom is -0.0693 e. The van der Waals surface area contributed by atoms with Crippen LogP contribution in [0.2, 0.25) is 25.2 Å². The zero-order valence-electron chi connectivity index (χ0n) is 8.07. The second kappa shape index (κ2) is 3.56. The van der Waals surface area contributed by atoms with E-state index in [1.54, 1.807) is 0 Å². The topological polar surface area (TPSA) is 0 Å². The van der Waals surface area contributed by atoms with Crippen LogP contribution in [0, 0.1) is 12.8 Å². The van der Waals surface area contributed by atoms with Gasteiger partial charge in [-0.25, -0.2) is 0 Å². The van der Waals surface area contributed by atoms with Crippen LogP contribution in [0.3, 0.4) is 0 Å². The molecule has 0 amide bonds. The summed E-state index contributed by atoms with van der Waals surface area (Å²) < 4.78 is 0. The maximum absolute atomic E-state index is 4.01. The Balaban J connectivity index is 4.07. The number of hydrogen-bond acceptors (Lipinski definition) is 0. The molecule has 0 rings (SSSR count). The Bertz CT molecular complexity index is 89.4. The fraction of sp³-hybridized carbons (Fsp3) is 0.889. The quantitative estimate of drug-likeness (QED) is 0.549. The number of hydrogen-bond donors (Lipinski definition) is 0. The summed E-state index contributed by atoms with van der Waals surface area (Å²) in [5.41, 5.74) is 0.896. The largest absolute Gasteiger partial charge is 0.0693 e. The van der Waals surface area contributed by atoms with Crippen LogP contribution >= 0.6 is 0 Å². The summed E-state index contributed by atoms with van der Waals surface area (Å²) >= 11 is 0. The molecule has 0 nitrogen and oxygen atoms in total. The molecule has 0 aromatic rings. The first-order valence-corrected chi connectivity index (χ1v) is 7.76. The van der Waals surface area contributed by atoms with Crippen LogP contribution in [-0.2, 0) is 0 Å². The van der Waals surface area contributed by atoms with Gasteiger partial charge in [0.2, 0.25) is 0 Å². The highest BCUT2D eigenvalue weighted by molar-refractivity contribution is 6.77. The van der Waals surface area contributed by atoms with Crippen molar-refractivity contribution in [3.63, 3.8) is 0 Å². The molecule has 0 saturated heterocycles. The molecule has 1 unspecified atom stereocenters. The second-order valence-electron chi connectivity index (χ2n) is 4.51. The van der Waals surface area contributed by atoms with Gasteiger partial charge in [0.25, 0.3) is 0 Å². The minimum absolute atomic E-state index is 0.823. The molecule has 0 fully saturated rings. The molecule has 0 aliphatic carbocycles. The van der Waals surface area contributed by atoms with E-state index in [-0.39, 0.29) is 0 Å². The van der Waals surface area contributed by atoms with Gasteiger partial charge in [-0.2, -0.15) is 0 Å². The average Bonchev–Trinajstić information content (AvgIpc) is 1.60. The van der Waals surface area contributed by atoms with E-state index in [0.29, 0.717) is 0 Å². The fourth-order valence-corrected chi connectivity index (χ4v) is 4.63. The average molecular weight is 157 g/mol. The van der Waals surface area contributed by atoms with Gasteiger partial charge in [-0.3, -0.25) is 0 Å². The Labute approximate surface area is 67.0 Å². The van der Waals surface area contributed by atoms with Gasteiger partial charge in [0, 0.05) is 8.07 Å². The summed E-state index contributed by atoms with van der Waals surface area (Å²) in [5, 5.41) is 0. The van der Waals surface area contributed by atoms with Gasteiger partial charge in [-0.05, 0) is 11.5 Å². The maximum atomic E-state index is 4.01. The second-order valence-corrected chi connectivity index (χ2v) is 9.98. The molecule has 0 spiro atoms. The van der Waals surface area contributed by atoms with Gasteiger partial charge in [0.05, 0.1) is 0 Å². The lowest BCUT2D eigenvalue weighted by Gasteiger charge is -2.31. The summed E-state index contributed by atoms with van der Waals surface area (Å²) in [6, 6.07) is 0. The van der Waals surface area contributed by atoms with E-state index in [1.807, 2.05) is 0 Å². The number of rotatable bonds is 3. The van der Waals surface area contributed by atoms with Crippen molar-refractivity contribution in [2.24, 2.45) is 5.92 Å². The van der Waals surface area contributed by atoms with Crippen LogP contribution in [0.5, 0.6) is 0 Å². The normalized spacial score (nSPS) is 15.9. The third-order valence-corrected chi connectivity index (χ3v) is 5.41. The first kappa shape index (κ1) is 10.2. The van der Waals surface area contributed by atoms with Crippen LogP contribution in [0.4, 0.5) is 0 Å². The van der Waals surface area contributed by atoms with Crippen molar-refractivity contribution in [2.75, 3.05) is 0 Å². The smallest absolute Gasteiger partial charge is 0.0476 e. The van der Waals surface area contributed by atoms with Crippen LogP contribution in [-0.4, -0.2) is 8.07 Å². The Morgan fingerprint density at radius 2 is 1.60 bits per heavy atom. The predicted molar refractivity (Wildman–Crippen MR) is 51.9 cm³/mol. The van der Waals surface area contributed by atoms with Crippen molar-refractivity contribution in [3.05, 3.63) is 6.92 Å². The molecule has 10 heavy (non-hydrogen) atoms. The van der Waals surface area contributed by atoms with E-state index >= 15 is 0 Å². The van der Waals surface area contributed by atoms with E-state index in [0.717, 1.165) is 17.9 Å². The summed E-state index contributed by atoms with van der Waals surface area (Å²) in [4.78, 5) is 0. The molecule has 0 N–H and O–H groups in total. The zero-order chi connectivity index (χ0) is 8.36. The maximum Gasteiger partial charge on any atom is 0.0476 e. The molecule has 1 atom stereocenters. The Morgan fingerprint density at radius 1 is 1.20 bits per heavy atom. The first-order valence-electron chi connectivity index (χ1n) is 4.18. The summed E-state index contributed by atoms with van der Waals surface area (Å²) in [7, 11) is -0.912. The molecule has 0 bridgehead atoms. The van der Waals surface area contributed by atoms with Gasteiger partial charge in [-0.15, -0.1) is 0 Å². The van der Waals surface area contributed by atoms with E-state index in [4.69, 9.17) is 0 Å². The molecule has 0 heterocycles. The van der Waals surface area contributed by atoms with E-state index in [2.05, 4.69) is 40.4 Å². The van der Waals surface area contributed by atoms with Gasteiger partial charge in [0.1, 0.15) is 0 Å². The van der Waals surface area contributed by atoms with Gasteiger partial charge >= 0.3 is 0 Å². The van der Waals surface area contributed by atoms with E-state index < -0.39 is 8.07 Å². The molecule has 1 radical (unpaired) electrons. The fourth-order valence-electron chi connectivity index (χ4n) is 1.77. The molecule has 0 saturated carbocycles. The summed E-state index contributed by atoms with van der Waals surface area (Å²) in [6.07, 6.45) is 1.12. The Kier molecular flexibility index (Phi) is 3.64. The molecule has 0 aromatic heterocycles. The minimum atomic E-state index is -0.912. The molecule has 61 valence electrons. The van der Waals surface area contributed by atoms with Gasteiger partial charge in [-0.1, -0.05) is 46.8 Å². The van der Waals surface area contributed by atoms with Gasteiger partial charge < -0.3 is 0 Å². The predicted octanol–water partition coefficient (Wildman–Crippen LogP) is 3.57. The Morgan fingerprint density at radius 3 is 1.60 bits per heavy atom. The SMILES string of the molecule is [CH2]CC(C(C)C)[Si](C)(C)C. The van der Waals surface area contributed by atoms with E-state index in [9.17, 15) is 0 Å². The molecule has 0 aliphatic heterocycles. The summed E-state index contributed by atoms with van der Waals surface area (Å²) in [6.45, 7) is 15.9. The molecule has 0 aliphatic rings. The van der Waals surface area contributed by atoms with Crippen LogP contribution in [0.15, 0.2) is 0 Å². The third-order valence-electron chi connectivity index (χ3n) is 2.23. The van der Waals surface area contributed by atoms with Crippen molar-refractivity contribution < 1.29 is 0 Å². The van der Waals surface area contributed by atoms with Crippen LogP contribution < -0.4 is 0 Å². The van der Waals surface area contributed by atoms with Crippen molar-refractivity contribution >= 4 is 8.07 Å². The first-order chi connectivity index (χ1) is 4.39. The monoisotopic (exact) mass is 157 g/mol. The molecule has 0 aromatic carbocycles. The highest BCUT2D eigenvalue weighted by atomic mass is 28.3. The Hall–Kier alpha value is 0.217. The van der Waals surface area contributed by atoms with Crippen molar-refractivity contribution in [3.8, 4) is 0 Å². The standard InChI is InChI=1S/C9H21Si/c1-7-9(8(2)3)10(4,5)6/h8-9H,1,7H2,2-6H3. The van der Waals surface area contributed by atoms with Gasteiger partial charge in [0.15, 0.2) is 0 Å². The molecular weight excluding hydrogens is 136 g/mol. The van der Waals surface area contributed by atoms with Crippen LogP contribution in [0.25, 0.3) is 0 Å². The van der Waals surface area contributed by atoms with Crippen molar-refractivity contribution in [1.29, 1.82) is 0 Å².